The van der Waals surface area contributed by atoms with Crippen LogP contribution in [0.1, 0.15) is 52.7 Å². The maximum Gasteiger partial charge on any atom is 0.265 e. The summed E-state index contributed by atoms with van der Waals surface area (Å²) in [5, 5.41) is 0.946. The number of carbonyl (C=O) groups is 1. The third kappa shape index (κ3) is 4.96. The van der Waals surface area contributed by atoms with Crippen LogP contribution in [0, 0.1) is 20.8 Å². The van der Waals surface area contributed by atoms with E-state index >= 15 is 0 Å². The molecule has 1 aliphatic rings. The molecule has 146 valence electrons. The molecule has 5 heteroatoms. The maximum atomic E-state index is 13.2. The fraction of sp³-hybridized carbons (Fsp3) is 0.545. The Morgan fingerprint density at radius 3 is 2.52 bits per heavy atom. The lowest BCUT2D eigenvalue weighted by Crippen LogP contribution is -2.35. The van der Waals surface area contributed by atoms with Gasteiger partial charge in [-0.2, -0.15) is 0 Å². The smallest absolute Gasteiger partial charge is 0.265 e. The van der Waals surface area contributed by atoms with E-state index in [1.807, 2.05) is 11.8 Å². The van der Waals surface area contributed by atoms with Crippen molar-refractivity contribution in [2.24, 2.45) is 0 Å². The maximum absolute atomic E-state index is 13.2. The van der Waals surface area contributed by atoms with Gasteiger partial charge in [0.05, 0.1) is 5.69 Å². The highest BCUT2D eigenvalue weighted by Gasteiger charge is 2.24. The minimum atomic E-state index is 0.151. The largest absolute Gasteiger partial charge is 0.337 e. The molecule has 2 aromatic rings. The minimum Gasteiger partial charge on any atom is -0.337 e. The summed E-state index contributed by atoms with van der Waals surface area (Å²) in [6, 6.07) is 6.46. The normalized spacial score (nSPS) is 15.8. The second kappa shape index (κ2) is 8.98. The molecule has 0 saturated carbocycles. The van der Waals surface area contributed by atoms with Crippen LogP contribution in [-0.4, -0.2) is 53.4 Å². The predicted molar refractivity (Wildman–Crippen MR) is 114 cm³/mol. The number of amides is 1. The second-order valence-electron chi connectivity index (χ2n) is 7.65. The summed E-state index contributed by atoms with van der Waals surface area (Å²) < 4.78 is 0. The van der Waals surface area contributed by atoms with E-state index in [-0.39, 0.29) is 5.91 Å². The van der Waals surface area contributed by atoms with Gasteiger partial charge in [-0.05, 0) is 58.8 Å². The Hall–Kier alpha value is -1.72. The van der Waals surface area contributed by atoms with Crippen molar-refractivity contribution < 1.29 is 4.79 Å². The lowest BCUT2D eigenvalue weighted by atomic mass is 10.1. The first-order valence-electron chi connectivity index (χ1n) is 10.1. The summed E-state index contributed by atoms with van der Waals surface area (Å²) in [6.07, 6.45) is 3.51. The Balaban J connectivity index is 1.74. The van der Waals surface area contributed by atoms with Crippen LogP contribution in [0.25, 0.3) is 10.6 Å². The quantitative estimate of drug-likeness (QED) is 0.749. The minimum absolute atomic E-state index is 0.151. The van der Waals surface area contributed by atoms with Crippen molar-refractivity contribution in [2.75, 3.05) is 32.7 Å². The predicted octanol–water partition coefficient (Wildman–Crippen LogP) is 4.68. The molecule has 27 heavy (non-hydrogen) atoms. The SMILES string of the molecule is CCCCN1CCCN(C(=O)c2sc(-c3cc(C)cc(C)c3)nc2C)CC1. The summed E-state index contributed by atoms with van der Waals surface area (Å²) in [4.78, 5) is 23.2. The van der Waals surface area contributed by atoms with Crippen molar-refractivity contribution in [3.8, 4) is 10.6 Å². The van der Waals surface area contributed by atoms with E-state index in [1.165, 1.54) is 35.3 Å². The van der Waals surface area contributed by atoms with E-state index in [0.717, 1.165) is 60.3 Å². The summed E-state index contributed by atoms with van der Waals surface area (Å²) in [6.45, 7) is 13.3. The molecule has 0 spiro atoms. The van der Waals surface area contributed by atoms with Crippen molar-refractivity contribution in [3.05, 3.63) is 39.9 Å². The zero-order valence-corrected chi connectivity index (χ0v) is 17.9. The molecule has 0 bridgehead atoms. The molecule has 4 nitrogen and oxygen atoms in total. The number of hydrogen-bond donors (Lipinski definition) is 0. The highest BCUT2D eigenvalue weighted by atomic mass is 32.1. The molecule has 2 heterocycles. The van der Waals surface area contributed by atoms with Crippen LogP contribution >= 0.6 is 11.3 Å². The van der Waals surface area contributed by atoms with Crippen molar-refractivity contribution in [3.63, 3.8) is 0 Å². The Morgan fingerprint density at radius 2 is 1.81 bits per heavy atom. The summed E-state index contributed by atoms with van der Waals surface area (Å²) in [5.41, 5.74) is 4.42. The number of rotatable bonds is 5. The van der Waals surface area contributed by atoms with E-state index in [4.69, 9.17) is 4.98 Å². The topological polar surface area (TPSA) is 36.4 Å². The molecule has 0 atom stereocenters. The fourth-order valence-electron chi connectivity index (χ4n) is 3.74. The number of aryl methyl sites for hydroxylation is 3. The van der Waals surface area contributed by atoms with Gasteiger partial charge in [-0.25, -0.2) is 4.98 Å². The Kier molecular flexibility index (Phi) is 6.66. The van der Waals surface area contributed by atoms with Crippen LogP contribution in [0.4, 0.5) is 0 Å². The first-order chi connectivity index (χ1) is 13.0. The number of nitrogens with zero attached hydrogens (tertiary/aromatic N) is 3. The van der Waals surface area contributed by atoms with Crippen molar-refractivity contribution in [2.45, 2.75) is 47.0 Å². The molecule has 0 aliphatic carbocycles. The van der Waals surface area contributed by atoms with Gasteiger partial charge in [-0.1, -0.05) is 30.5 Å². The van der Waals surface area contributed by atoms with Gasteiger partial charge in [0.25, 0.3) is 5.91 Å². The van der Waals surface area contributed by atoms with Gasteiger partial charge < -0.3 is 9.80 Å². The molecular weight excluding hydrogens is 354 g/mol. The Bertz CT molecular complexity index is 779. The van der Waals surface area contributed by atoms with Gasteiger partial charge in [0.2, 0.25) is 0 Å². The van der Waals surface area contributed by atoms with E-state index in [1.54, 1.807) is 0 Å². The molecule has 0 N–H and O–H groups in total. The molecule has 0 unspecified atom stereocenters. The van der Waals surface area contributed by atoms with E-state index in [2.05, 4.69) is 43.9 Å². The molecule has 1 fully saturated rings. The average Bonchev–Trinajstić information content (AvgIpc) is 2.86. The molecule has 0 radical (unpaired) electrons. The summed E-state index contributed by atoms with van der Waals surface area (Å²) in [7, 11) is 0. The third-order valence-corrected chi connectivity index (χ3v) is 6.36. The van der Waals surface area contributed by atoms with Crippen LogP contribution in [0.5, 0.6) is 0 Å². The Labute approximate surface area is 167 Å². The van der Waals surface area contributed by atoms with Gasteiger partial charge in [0.1, 0.15) is 9.88 Å². The molecule has 1 aromatic heterocycles. The fourth-order valence-corrected chi connectivity index (χ4v) is 4.76. The molecule has 3 rings (SSSR count). The lowest BCUT2D eigenvalue weighted by Gasteiger charge is -2.21. The van der Waals surface area contributed by atoms with Crippen molar-refractivity contribution in [1.29, 1.82) is 0 Å². The van der Waals surface area contributed by atoms with Crippen LogP contribution in [0.3, 0.4) is 0 Å². The van der Waals surface area contributed by atoms with Gasteiger partial charge in [0.15, 0.2) is 0 Å². The number of carbonyl (C=O) groups excluding carboxylic acids is 1. The molecular formula is C22H31N3OS. The van der Waals surface area contributed by atoms with Crippen molar-refractivity contribution >= 4 is 17.2 Å². The number of benzene rings is 1. The monoisotopic (exact) mass is 385 g/mol. The van der Waals surface area contributed by atoms with Gasteiger partial charge >= 0.3 is 0 Å². The van der Waals surface area contributed by atoms with Crippen molar-refractivity contribution in [1.82, 2.24) is 14.8 Å². The zero-order valence-electron chi connectivity index (χ0n) is 17.0. The van der Waals surface area contributed by atoms with E-state index < -0.39 is 0 Å². The van der Waals surface area contributed by atoms with Crippen LogP contribution < -0.4 is 0 Å². The third-order valence-electron chi connectivity index (χ3n) is 5.16. The molecule has 1 amide bonds. The van der Waals surface area contributed by atoms with Crippen LogP contribution in [-0.2, 0) is 0 Å². The second-order valence-corrected chi connectivity index (χ2v) is 8.65. The average molecular weight is 386 g/mol. The number of thiazole rings is 1. The number of hydrogen-bond acceptors (Lipinski definition) is 4. The zero-order chi connectivity index (χ0) is 19.4. The molecule has 1 aliphatic heterocycles. The highest BCUT2D eigenvalue weighted by molar-refractivity contribution is 7.17. The van der Waals surface area contributed by atoms with Gasteiger partial charge in [0, 0.05) is 25.2 Å². The Morgan fingerprint density at radius 1 is 1.07 bits per heavy atom. The first kappa shape index (κ1) is 20.0. The molecule has 1 saturated heterocycles. The van der Waals surface area contributed by atoms with Gasteiger partial charge in [-0.15, -0.1) is 11.3 Å². The van der Waals surface area contributed by atoms with Crippen LogP contribution in [0.2, 0.25) is 0 Å². The van der Waals surface area contributed by atoms with Gasteiger partial charge in [-0.3, -0.25) is 4.79 Å². The first-order valence-corrected chi connectivity index (χ1v) is 10.9. The summed E-state index contributed by atoms with van der Waals surface area (Å²) >= 11 is 1.54. The lowest BCUT2D eigenvalue weighted by molar-refractivity contribution is 0.0765. The highest BCUT2D eigenvalue weighted by Crippen LogP contribution is 2.30. The number of aromatic nitrogens is 1. The van der Waals surface area contributed by atoms with Crippen LogP contribution in [0.15, 0.2) is 18.2 Å². The number of unbranched alkanes of at least 4 members (excludes halogenated alkanes) is 1. The summed E-state index contributed by atoms with van der Waals surface area (Å²) in [5.74, 6) is 0.151. The standard InChI is InChI=1S/C22H31N3OS/c1-5-6-8-24-9-7-10-25(12-11-24)22(26)20-18(4)23-21(27-20)19-14-16(2)13-17(3)15-19/h13-15H,5-12H2,1-4H3. The van der Waals surface area contributed by atoms with E-state index in [9.17, 15) is 4.79 Å². The molecule has 1 aromatic carbocycles. The van der Waals surface area contributed by atoms with E-state index in [0.29, 0.717) is 0 Å².